The number of hydrogen-bond acceptors (Lipinski definition) is 7. The molecule has 1 aliphatic rings. The zero-order valence-corrected chi connectivity index (χ0v) is 12.8. The fourth-order valence-electron chi connectivity index (χ4n) is 2.66. The molecule has 0 radical (unpaired) electrons. The van der Waals surface area contributed by atoms with Crippen molar-refractivity contribution < 1.29 is 30.0 Å². The van der Waals surface area contributed by atoms with Gasteiger partial charge in [-0.05, 0) is 10.8 Å². The van der Waals surface area contributed by atoms with Gasteiger partial charge in [0.1, 0.15) is 24.4 Å². The fraction of sp³-hybridized carbons (Fsp3) is 0.353. The van der Waals surface area contributed by atoms with Gasteiger partial charge in [-0.25, -0.2) is 0 Å². The molecule has 1 heterocycles. The molecule has 2 aromatic carbocycles. The van der Waals surface area contributed by atoms with Crippen molar-refractivity contribution in [2.45, 2.75) is 30.7 Å². The van der Waals surface area contributed by atoms with Gasteiger partial charge in [0.25, 0.3) is 6.29 Å². The highest BCUT2D eigenvalue weighted by atomic mass is 16.8. The van der Waals surface area contributed by atoms with Gasteiger partial charge in [0.05, 0.1) is 12.8 Å². The highest BCUT2D eigenvalue weighted by Crippen LogP contribution is 2.22. The Morgan fingerprint density at radius 2 is 1.75 bits per heavy atom. The summed E-state index contributed by atoms with van der Waals surface area (Å²) in [4.78, 5) is 5.11. The Kier molecular flexibility index (Phi) is 5.08. The van der Waals surface area contributed by atoms with Crippen LogP contribution in [0, 0.1) is 0 Å². The Bertz CT molecular complexity index is 714. The second-order valence-electron chi connectivity index (χ2n) is 5.61. The van der Waals surface area contributed by atoms with Crippen molar-refractivity contribution in [2.75, 3.05) is 6.61 Å². The number of aliphatic hydroxyl groups excluding tert-OH is 4. The number of fused-ring (bicyclic) bond motifs is 1. The molecular formula is C17H19NO6. The standard InChI is InChI=1S/C17H19NO6/c19-9-13-14(20)15(21)16(22)17(23-13)24-18-8-11-6-3-5-10-4-1-2-7-12(10)11/h1-8,13-17,19-22H,9H2/b18-8+/t13-,14+,15+,16-,17+/m1/s1. The van der Waals surface area contributed by atoms with Crippen molar-refractivity contribution in [1.82, 2.24) is 0 Å². The number of oxime groups is 1. The maximum Gasteiger partial charge on any atom is 0.256 e. The topological polar surface area (TPSA) is 112 Å². The number of benzene rings is 2. The van der Waals surface area contributed by atoms with E-state index >= 15 is 0 Å². The molecule has 1 saturated heterocycles. The molecule has 0 aliphatic carbocycles. The maximum atomic E-state index is 9.87. The van der Waals surface area contributed by atoms with Crippen LogP contribution in [0.15, 0.2) is 47.6 Å². The molecule has 0 spiro atoms. The van der Waals surface area contributed by atoms with Crippen molar-refractivity contribution in [3.05, 3.63) is 48.0 Å². The summed E-state index contributed by atoms with van der Waals surface area (Å²) in [6.45, 7) is -0.516. The molecule has 0 unspecified atom stereocenters. The molecule has 4 N–H and O–H groups in total. The van der Waals surface area contributed by atoms with Crippen LogP contribution in [0.1, 0.15) is 5.56 Å². The summed E-state index contributed by atoms with van der Waals surface area (Å²) in [6.07, 6.45) is -5.23. The van der Waals surface area contributed by atoms with Crippen molar-refractivity contribution in [3.8, 4) is 0 Å². The number of nitrogens with zero attached hydrogens (tertiary/aromatic N) is 1. The van der Waals surface area contributed by atoms with Crippen molar-refractivity contribution >= 4 is 17.0 Å². The molecule has 3 rings (SSSR count). The van der Waals surface area contributed by atoms with E-state index in [1.165, 1.54) is 6.21 Å². The van der Waals surface area contributed by atoms with E-state index in [4.69, 9.17) is 14.7 Å². The lowest BCUT2D eigenvalue weighted by Gasteiger charge is -2.38. The Morgan fingerprint density at radius 1 is 1.00 bits per heavy atom. The Labute approximate surface area is 138 Å². The minimum Gasteiger partial charge on any atom is -0.394 e. The summed E-state index contributed by atoms with van der Waals surface area (Å²) in [6, 6.07) is 13.5. The number of aliphatic hydroxyl groups is 4. The van der Waals surface area contributed by atoms with E-state index in [-0.39, 0.29) is 0 Å². The van der Waals surface area contributed by atoms with Crippen LogP contribution in [-0.4, -0.2) is 64.0 Å². The first-order chi connectivity index (χ1) is 11.6. The van der Waals surface area contributed by atoms with Crippen molar-refractivity contribution in [2.24, 2.45) is 5.16 Å². The first-order valence-corrected chi connectivity index (χ1v) is 7.59. The fourth-order valence-corrected chi connectivity index (χ4v) is 2.66. The summed E-state index contributed by atoms with van der Waals surface area (Å²) < 4.78 is 5.21. The average Bonchev–Trinajstić information content (AvgIpc) is 2.62. The third-order valence-electron chi connectivity index (χ3n) is 4.03. The van der Waals surface area contributed by atoms with E-state index in [0.29, 0.717) is 0 Å². The van der Waals surface area contributed by atoms with E-state index in [9.17, 15) is 15.3 Å². The third-order valence-corrected chi connectivity index (χ3v) is 4.03. The van der Waals surface area contributed by atoms with Gasteiger partial charge >= 0.3 is 0 Å². The largest absolute Gasteiger partial charge is 0.394 e. The highest BCUT2D eigenvalue weighted by molar-refractivity contribution is 5.99. The van der Waals surface area contributed by atoms with Crippen LogP contribution < -0.4 is 0 Å². The molecule has 7 nitrogen and oxygen atoms in total. The zero-order valence-electron chi connectivity index (χ0n) is 12.8. The predicted molar refractivity (Wildman–Crippen MR) is 86.4 cm³/mol. The number of hydrogen-bond donors (Lipinski definition) is 4. The Balaban J connectivity index is 1.73. The van der Waals surface area contributed by atoms with E-state index in [2.05, 4.69) is 5.16 Å². The third kappa shape index (κ3) is 3.26. The van der Waals surface area contributed by atoms with Crippen LogP contribution in [0.3, 0.4) is 0 Å². The highest BCUT2D eigenvalue weighted by Gasteiger charge is 2.44. The van der Waals surface area contributed by atoms with Gasteiger partial charge in [0, 0.05) is 5.56 Å². The first kappa shape index (κ1) is 16.8. The maximum absolute atomic E-state index is 9.87. The molecule has 0 bridgehead atoms. The van der Waals surface area contributed by atoms with Gasteiger partial charge in [-0.2, -0.15) is 0 Å². The number of rotatable bonds is 4. The molecule has 7 heteroatoms. The van der Waals surface area contributed by atoms with E-state index in [1.807, 2.05) is 42.5 Å². The van der Waals surface area contributed by atoms with Crippen LogP contribution >= 0.6 is 0 Å². The van der Waals surface area contributed by atoms with Gasteiger partial charge in [0.15, 0.2) is 0 Å². The summed E-state index contributed by atoms with van der Waals surface area (Å²) in [7, 11) is 0. The van der Waals surface area contributed by atoms with Gasteiger partial charge in [0.2, 0.25) is 0 Å². The predicted octanol–water partition coefficient (Wildman–Crippen LogP) is -0.00980. The molecule has 0 amide bonds. The lowest BCUT2D eigenvalue weighted by atomic mass is 9.99. The SMILES string of the molecule is OC[C@H]1O[C@@H](O/N=C/c2cccc3ccccc23)[C@H](O)[C@@H](O)[C@H]1O. The van der Waals surface area contributed by atoms with Crippen LogP contribution in [0.2, 0.25) is 0 Å². The normalized spacial score (nSPS) is 30.8. The molecule has 0 saturated carbocycles. The van der Waals surface area contributed by atoms with E-state index < -0.39 is 37.3 Å². The lowest BCUT2D eigenvalue weighted by molar-refractivity contribution is -0.301. The van der Waals surface area contributed by atoms with Gasteiger partial charge < -0.3 is 30.0 Å². The van der Waals surface area contributed by atoms with Gasteiger partial charge in [-0.3, -0.25) is 0 Å². The summed E-state index contributed by atoms with van der Waals surface area (Å²) in [5.41, 5.74) is 0.817. The molecule has 1 aliphatic heterocycles. The quantitative estimate of drug-likeness (QED) is 0.463. The minimum absolute atomic E-state index is 0.516. The van der Waals surface area contributed by atoms with Crippen LogP contribution in [-0.2, 0) is 9.57 Å². The van der Waals surface area contributed by atoms with Crippen LogP contribution in [0.5, 0.6) is 0 Å². The summed E-state index contributed by atoms with van der Waals surface area (Å²) >= 11 is 0. The van der Waals surface area contributed by atoms with Crippen LogP contribution in [0.4, 0.5) is 0 Å². The van der Waals surface area contributed by atoms with Crippen molar-refractivity contribution in [1.29, 1.82) is 0 Å². The smallest absolute Gasteiger partial charge is 0.256 e. The van der Waals surface area contributed by atoms with Crippen LogP contribution in [0.25, 0.3) is 10.8 Å². The second-order valence-corrected chi connectivity index (χ2v) is 5.61. The van der Waals surface area contributed by atoms with E-state index in [1.54, 1.807) is 0 Å². The monoisotopic (exact) mass is 333 g/mol. The zero-order chi connectivity index (χ0) is 17.1. The molecule has 128 valence electrons. The molecule has 2 aromatic rings. The molecule has 5 atom stereocenters. The van der Waals surface area contributed by atoms with Gasteiger partial charge in [-0.1, -0.05) is 47.6 Å². The average molecular weight is 333 g/mol. The van der Waals surface area contributed by atoms with E-state index in [0.717, 1.165) is 16.3 Å². The first-order valence-electron chi connectivity index (χ1n) is 7.59. The molecule has 1 fully saturated rings. The second kappa shape index (κ2) is 7.25. The van der Waals surface area contributed by atoms with Crippen molar-refractivity contribution in [3.63, 3.8) is 0 Å². The number of ether oxygens (including phenoxy) is 1. The molecular weight excluding hydrogens is 314 g/mol. The minimum atomic E-state index is -1.49. The Morgan fingerprint density at radius 3 is 2.54 bits per heavy atom. The lowest BCUT2D eigenvalue weighted by Crippen LogP contribution is -2.58. The molecule has 0 aromatic heterocycles. The summed E-state index contributed by atoms with van der Waals surface area (Å²) in [5.74, 6) is 0. The summed E-state index contributed by atoms with van der Waals surface area (Å²) in [5, 5.41) is 44.3. The Hall–Kier alpha value is -2.03. The van der Waals surface area contributed by atoms with Gasteiger partial charge in [-0.15, -0.1) is 0 Å². The molecule has 24 heavy (non-hydrogen) atoms.